The van der Waals surface area contributed by atoms with Crippen molar-refractivity contribution < 1.29 is 19.4 Å². The molecule has 32 heavy (non-hydrogen) atoms. The SMILES string of the molecule is COc1ccc(-c2ccc(N(C)C(C)=O)cc2)cc1CNC1CCC(N(C)C(=O)O)CC1. The van der Waals surface area contributed by atoms with Gasteiger partial charge in [-0.2, -0.15) is 0 Å². The lowest BCUT2D eigenvalue weighted by molar-refractivity contribution is -0.116. The van der Waals surface area contributed by atoms with E-state index in [0.29, 0.717) is 12.6 Å². The van der Waals surface area contributed by atoms with Crippen LogP contribution in [0.5, 0.6) is 5.75 Å². The van der Waals surface area contributed by atoms with Crippen molar-refractivity contribution >= 4 is 17.7 Å². The zero-order valence-electron chi connectivity index (χ0n) is 19.3. The topological polar surface area (TPSA) is 82.1 Å². The molecule has 0 atom stereocenters. The van der Waals surface area contributed by atoms with E-state index in [1.54, 1.807) is 33.0 Å². The summed E-state index contributed by atoms with van der Waals surface area (Å²) in [7, 11) is 5.10. The standard InChI is InChI=1S/C25H33N3O4/c1-17(29)27(2)22-10-5-18(6-11-22)19-7-14-24(32-4)20(15-19)16-26-21-8-12-23(13-9-21)28(3)25(30)31/h5-7,10-11,14-15,21,23,26H,8-9,12-13,16H2,1-4H3,(H,30,31). The van der Waals surface area contributed by atoms with Crippen molar-refractivity contribution in [2.24, 2.45) is 0 Å². The quantitative estimate of drug-likeness (QED) is 0.670. The second-order valence-electron chi connectivity index (χ2n) is 8.43. The Balaban J connectivity index is 1.66. The third kappa shape index (κ3) is 5.59. The molecule has 1 saturated carbocycles. The minimum absolute atomic E-state index is 0.000744. The molecule has 7 heteroatoms. The first-order valence-corrected chi connectivity index (χ1v) is 11.0. The highest BCUT2D eigenvalue weighted by atomic mass is 16.5. The van der Waals surface area contributed by atoms with Crippen LogP contribution in [0.2, 0.25) is 0 Å². The Morgan fingerprint density at radius 1 is 1.03 bits per heavy atom. The molecule has 0 spiro atoms. The van der Waals surface area contributed by atoms with E-state index >= 15 is 0 Å². The average molecular weight is 440 g/mol. The monoisotopic (exact) mass is 439 g/mol. The van der Waals surface area contributed by atoms with Gasteiger partial charge in [-0.15, -0.1) is 0 Å². The van der Waals surface area contributed by atoms with Gasteiger partial charge in [0.25, 0.3) is 0 Å². The summed E-state index contributed by atoms with van der Waals surface area (Å²) in [5, 5.41) is 12.8. The molecule has 1 aliphatic rings. The molecule has 0 aromatic heterocycles. The number of benzene rings is 2. The maximum absolute atomic E-state index is 11.6. The van der Waals surface area contributed by atoms with Crippen molar-refractivity contribution in [3.63, 3.8) is 0 Å². The van der Waals surface area contributed by atoms with Gasteiger partial charge in [0, 0.05) is 50.9 Å². The highest BCUT2D eigenvalue weighted by Crippen LogP contribution is 2.29. The number of hydrogen-bond donors (Lipinski definition) is 2. The smallest absolute Gasteiger partial charge is 0.407 e. The number of carboxylic acid groups (broad SMARTS) is 1. The van der Waals surface area contributed by atoms with E-state index in [2.05, 4.69) is 11.4 Å². The van der Waals surface area contributed by atoms with Crippen LogP contribution in [0, 0.1) is 0 Å². The number of hydrogen-bond acceptors (Lipinski definition) is 4. The fourth-order valence-corrected chi connectivity index (χ4v) is 4.23. The number of nitrogens with zero attached hydrogens (tertiary/aromatic N) is 2. The van der Waals surface area contributed by atoms with Crippen LogP contribution in [0.15, 0.2) is 42.5 Å². The first-order chi connectivity index (χ1) is 15.3. The lowest BCUT2D eigenvalue weighted by Crippen LogP contribution is -2.42. The maximum Gasteiger partial charge on any atom is 0.407 e. The average Bonchev–Trinajstić information content (AvgIpc) is 2.81. The molecule has 0 saturated heterocycles. The zero-order chi connectivity index (χ0) is 23.3. The predicted molar refractivity (Wildman–Crippen MR) is 126 cm³/mol. The van der Waals surface area contributed by atoms with Gasteiger partial charge in [-0.1, -0.05) is 18.2 Å². The van der Waals surface area contributed by atoms with Gasteiger partial charge in [0.15, 0.2) is 0 Å². The maximum atomic E-state index is 11.6. The second-order valence-corrected chi connectivity index (χ2v) is 8.43. The number of amides is 2. The molecular weight excluding hydrogens is 406 g/mol. The van der Waals surface area contributed by atoms with Crippen LogP contribution in [0.4, 0.5) is 10.5 Å². The first kappa shape index (κ1) is 23.6. The zero-order valence-corrected chi connectivity index (χ0v) is 19.3. The number of ether oxygens (including phenoxy) is 1. The molecular formula is C25H33N3O4. The van der Waals surface area contributed by atoms with Crippen LogP contribution in [0.25, 0.3) is 11.1 Å². The van der Waals surface area contributed by atoms with Gasteiger partial charge in [-0.05, 0) is 61.1 Å². The highest BCUT2D eigenvalue weighted by Gasteiger charge is 2.26. The predicted octanol–water partition coefficient (Wildman–Crippen LogP) is 4.36. The van der Waals surface area contributed by atoms with E-state index in [0.717, 1.165) is 53.8 Å². The summed E-state index contributed by atoms with van der Waals surface area (Å²) in [6.07, 6.45) is 2.80. The van der Waals surface area contributed by atoms with Crippen LogP contribution < -0.4 is 15.0 Å². The molecule has 2 N–H and O–H groups in total. The summed E-state index contributed by atoms with van der Waals surface area (Å²) in [6.45, 7) is 2.24. The summed E-state index contributed by atoms with van der Waals surface area (Å²) in [6, 6.07) is 14.6. The highest BCUT2D eigenvalue weighted by molar-refractivity contribution is 5.91. The van der Waals surface area contributed by atoms with Crippen molar-refractivity contribution in [1.82, 2.24) is 10.2 Å². The minimum atomic E-state index is -0.857. The van der Waals surface area contributed by atoms with E-state index in [-0.39, 0.29) is 11.9 Å². The summed E-state index contributed by atoms with van der Waals surface area (Å²) in [5.74, 6) is 0.840. The summed E-state index contributed by atoms with van der Waals surface area (Å²) in [4.78, 5) is 25.8. The molecule has 1 fully saturated rings. The Morgan fingerprint density at radius 2 is 1.66 bits per heavy atom. The molecule has 0 radical (unpaired) electrons. The summed E-state index contributed by atoms with van der Waals surface area (Å²) >= 11 is 0. The van der Waals surface area contributed by atoms with Crippen LogP contribution in [-0.2, 0) is 11.3 Å². The van der Waals surface area contributed by atoms with E-state index in [4.69, 9.17) is 4.74 Å². The Morgan fingerprint density at radius 3 is 2.22 bits per heavy atom. The first-order valence-electron chi connectivity index (χ1n) is 11.0. The number of carbonyl (C=O) groups excluding carboxylic acids is 1. The Labute approximate surface area is 190 Å². The number of nitrogens with one attached hydrogen (secondary N) is 1. The summed E-state index contributed by atoms with van der Waals surface area (Å²) in [5.41, 5.74) is 4.11. The molecule has 2 aromatic carbocycles. The second kappa shape index (κ2) is 10.5. The van der Waals surface area contributed by atoms with Crippen LogP contribution >= 0.6 is 0 Å². The van der Waals surface area contributed by atoms with E-state index in [1.807, 2.05) is 36.4 Å². The fraction of sp³-hybridized carbons (Fsp3) is 0.440. The lowest BCUT2D eigenvalue weighted by atomic mass is 9.90. The minimum Gasteiger partial charge on any atom is -0.496 e. The molecule has 0 aliphatic heterocycles. The van der Waals surface area contributed by atoms with E-state index in [9.17, 15) is 14.7 Å². The number of anilines is 1. The molecule has 0 bridgehead atoms. The molecule has 172 valence electrons. The Kier molecular flexibility index (Phi) is 7.75. The third-order valence-electron chi connectivity index (χ3n) is 6.47. The molecule has 3 rings (SSSR count). The normalized spacial score (nSPS) is 18.1. The van der Waals surface area contributed by atoms with Gasteiger partial charge in [0.2, 0.25) is 5.91 Å². The molecule has 0 unspecified atom stereocenters. The van der Waals surface area contributed by atoms with Gasteiger partial charge < -0.3 is 25.0 Å². The molecule has 7 nitrogen and oxygen atoms in total. The molecule has 0 heterocycles. The van der Waals surface area contributed by atoms with E-state index < -0.39 is 6.09 Å². The van der Waals surface area contributed by atoms with Crippen molar-refractivity contribution in [3.05, 3.63) is 48.0 Å². The molecule has 2 amide bonds. The van der Waals surface area contributed by atoms with Gasteiger partial charge in [0.1, 0.15) is 5.75 Å². The number of rotatable bonds is 7. The van der Waals surface area contributed by atoms with Crippen molar-refractivity contribution in [1.29, 1.82) is 0 Å². The van der Waals surface area contributed by atoms with Gasteiger partial charge in [-0.25, -0.2) is 4.79 Å². The van der Waals surface area contributed by atoms with Crippen molar-refractivity contribution in [2.45, 2.75) is 51.2 Å². The van der Waals surface area contributed by atoms with Crippen LogP contribution in [0.1, 0.15) is 38.2 Å². The molecule has 2 aromatic rings. The number of carbonyl (C=O) groups is 2. The molecule has 1 aliphatic carbocycles. The van der Waals surface area contributed by atoms with Crippen LogP contribution in [-0.4, -0.2) is 55.3 Å². The van der Waals surface area contributed by atoms with Gasteiger partial charge >= 0.3 is 6.09 Å². The third-order valence-corrected chi connectivity index (χ3v) is 6.47. The van der Waals surface area contributed by atoms with Crippen molar-refractivity contribution in [3.8, 4) is 16.9 Å². The van der Waals surface area contributed by atoms with Gasteiger partial charge in [0.05, 0.1) is 7.11 Å². The summed E-state index contributed by atoms with van der Waals surface area (Å²) < 4.78 is 5.57. The van der Waals surface area contributed by atoms with Crippen LogP contribution in [0.3, 0.4) is 0 Å². The number of methoxy groups -OCH3 is 1. The Bertz CT molecular complexity index is 937. The van der Waals surface area contributed by atoms with Gasteiger partial charge in [-0.3, -0.25) is 4.79 Å². The Hall–Kier alpha value is -3.06. The van der Waals surface area contributed by atoms with Crippen molar-refractivity contribution in [2.75, 3.05) is 26.1 Å². The van der Waals surface area contributed by atoms with E-state index in [1.165, 1.54) is 4.90 Å². The largest absolute Gasteiger partial charge is 0.496 e. The fourth-order valence-electron chi connectivity index (χ4n) is 4.23. The lowest BCUT2D eigenvalue weighted by Gasteiger charge is -2.33.